The fourth-order valence-electron chi connectivity index (χ4n) is 1.76. The number of unbranched alkanes of at least 4 members (excludes halogenated alkanes) is 8. The van der Waals surface area contributed by atoms with Crippen LogP contribution < -0.4 is 0 Å². The number of rotatable bonds is 12. The maximum atomic E-state index is 5.48. The van der Waals surface area contributed by atoms with Crippen LogP contribution in [0.2, 0.25) is 0 Å². The van der Waals surface area contributed by atoms with Crippen molar-refractivity contribution in [3.8, 4) is 0 Å². The van der Waals surface area contributed by atoms with Crippen LogP contribution in [0.15, 0.2) is 0 Å². The standard InChI is InChI=1S/C14H31NO/c1-4-5-6-7-8-9-10-11-12-13-16-14-15(2)3/h4-14H2,1-3H3. The molecule has 0 unspecified atom stereocenters. The first-order chi connectivity index (χ1) is 7.77. The summed E-state index contributed by atoms with van der Waals surface area (Å²) in [4.78, 5) is 2.06. The molecule has 0 N–H and O–H groups in total. The van der Waals surface area contributed by atoms with E-state index in [0.717, 1.165) is 13.3 Å². The van der Waals surface area contributed by atoms with E-state index in [-0.39, 0.29) is 0 Å². The minimum absolute atomic E-state index is 0.761. The molecule has 2 nitrogen and oxygen atoms in total. The smallest absolute Gasteiger partial charge is 0.0985 e. The number of hydrogen-bond donors (Lipinski definition) is 0. The Balaban J connectivity index is 2.88. The van der Waals surface area contributed by atoms with Gasteiger partial charge in [0.25, 0.3) is 0 Å². The summed E-state index contributed by atoms with van der Waals surface area (Å²) in [6.45, 7) is 3.96. The average molecular weight is 229 g/mol. The molecule has 0 saturated heterocycles. The lowest BCUT2D eigenvalue weighted by molar-refractivity contribution is 0.0539. The van der Waals surface area contributed by atoms with Crippen molar-refractivity contribution in [3.05, 3.63) is 0 Å². The molecule has 0 atom stereocenters. The van der Waals surface area contributed by atoms with Crippen molar-refractivity contribution in [2.75, 3.05) is 27.4 Å². The highest BCUT2D eigenvalue weighted by Gasteiger charge is 1.93. The molecule has 0 aliphatic carbocycles. The highest BCUT2D eigenvalue weighted by Crippen LogP contribution is 2.09. The monoisotopic (exact) mass is 229 g/mol. The van der Waals surface area contributed by atoms with Gasteiger partial charge >= 0.3 is 0 Å². The van der Waals surface area contributed by atoms with Crippen LogP contribution in [0.1, 0.15) is 64.7 Å². The van der Waals surface area contributed by atoms with Crippen LogP contribution in [0.3, 0.4) is 0 Å². The van der Waals surface area contributed by atoms with Crippen molar-refractivity contribution in [1.29, 1.82) is 0 Å². The fourth-order valence-corrected chi connectivity index (χ4v) is 1.76. The van der Waals surface area contributed by atoms with Crippen molar-refractivity contribution in [2.45, 2.75) is 64.7 Å². The maximum absolute atomic E-state index is 5.48. The largest absolute Gasteiger partial charge is 0.366 e. The van der Waals surface area contributed by atoms with E-state index >= 15 is 0 Å². The van der Waals surface area contributed by atoms with Gasteiger partial charge in [0.05, 0.1) is 6.73 Å². The van der Waals surface area contributed by atoms with Crippen molar-refractivity contribution < 1.29 is 4.74 Å². The van der Waals surface area contributed by atoms with Gasteiger partial charge in [0.15, 0.2) is 0 Å². The summed E-state index contributed by atoms with van der Waals surface area (Å²) in [6, 6.07) is 0. The third-order valence-electron chi connectivity index (χ3n) is 2.74. The van der Waals surface area contributed by atoms with Gasteiger partial charge in [-0.05, 0) is 20.5 Å². The van der Waals surface area contributed by atoms with E-state index in [1.165, 1.54) is 57.8 Å². The number of nitrogens with zero attached hydrogens (tertiary/aromatic N) is 1. The average Bonchev–Trinajstić information content (AvgIpc) is 2.25. The summed E-state index contributed by atoms with van der Waals surface area (Å²) in [6.07, 6.45) is 12.4. The quantitative estimate of drug-likeness (QED) is 0.370. The van der Waals surface area contributed by atoms with Crippen LogP contribution in [0.5, 0.6) is 0 Å². The van der Waals surface area contributed by atoms with Gasteiger partial charge in [0.2, 0.25) is 0 Å². The lowest BCUT2D eigenvalue weighted by Crippen LogP contribution is -2.16. The second-order valence-corrected chi connectivity index (χ2v) is 4.95. The molecular formula is C14H31NO. The summed E-state index contributed by atoms with van der Waals surface area (Å²) >= 11 is 0. The Bertz CT molecular complexity index is 126. The van der Waals surface area contributed by atoms with Crippen molar-refractivity contribution in [1.82, 2.24) is 4.90 Å². The van der Waals surface area contributed by atoms with Gasteiger partial charge in [-0.1, -0.05) is 58.3 Å². The molecule has 0 aromatic carbocycles. The highest BCUT2D eigenvalue weighted by molar-refractivity contribution is 4.46. The zero-order valence-electron chi connectivity index (χ0n) is 11.6. The zero-order valence-corrected chi connectivity index (χ0v) is 11.6. The van der Waals surface area contributed by atoms with Gasteiger partial charge in [0.1, 0.15) is 0 Å². The fraction of sp³-hybridized carbons (Fsp3) is 1.00. The number of hydrogen-bond acceptors (Lipinski definition) is 2. The third-order valence-corrected chi connectivity index (χ3v) is 2.74. The molecule has 0 saturated carbocycles. The summed E-state index contributed by atoms with van der Waals surface area (Å²) in [5.41, 5.74) is 0. The van der Waals surface area contributed by atoms with E-state index in [9.17, 15) is 0 Å². The Morgan fingerprint density at radius 2 is 1.25 bits per heavy atom. The SMILES string of the molecule is CCCCCCCCCCCOCN(C)C. The normalized spacial score (nSPS) is 11.2. The van der Waals surface area contributed by atoms with Crippen LogP contribution in [0.4, 0.5) is 0 Å². The van der Waals surface area contributed by atoms with Crippen LogP contribution in [0, 0.1) is 0 Å². The first kappa shape index (κ1) is 15.9. The minimum atomic E-state index is 0.761. The van der Waals surface area contributed by atoms with Crippen molar-refractivity contribution in [3.63, 3.8) is 0 Å². The van der Waals surface area contributed by atoms with Gasteiger partial charge in [-0.25, -0.2) is 0 Å². The Morgan fingerprint density at radius 3 is 1.75 bits per heavy atom. The molecule has 0 rings (SSSR count). The molecule has 0 bridgehead atoms. The van der Waals surface area contributed by atoms with Gasteiger partial charge in [-0.3, -0.25) is 4.90 Å². The molecule has 0 aromatic heterocycles. The zero-order chi connectivity index (χ0) is 12.1. The highest BCUT2D eigenvalue weighted by atomic mass is 16.5. The van der Waals surface area contributed by atoms with Gasteiger partial charge in [-0.15, -0.1) is 0 Å². The maximum Gasteiger partial charge on any atom is 0.0985 e. The minimum Gasteiger partial charge on any atom is -0.366 e. The van der Waals surface area contributed by atoms with Crippen molar-refractivity contribution >= 4 is 0 Å². The van der Waals surface area contributed by atoms with Crippen LogP contribution in [-0.4, -0.2) is 32.3 Å². The molecular weight excluding hydrogens is 198 g/mol. The molecule has 0 aliphatic heterocycles. The molecule has 0 amide bonds. The molecule has 0 aromatic rings. The van der Waals surface area contributed by atoms with Gasteiger partial charge < -0.3 is 4.74 Å². The Morgan fingerprint density at radius 1 is 0.750 bits per heavy atom. The lowest BCUT2D eigenvalue weighted by atomic mass is 10.1. The molecule has 2 heteroatoms. The summed E-state index contributed by atoms with van der Waals surface area (Å²) < 4.78 is 5.48. The van der Waals surface area contributed by atoms with Crippen molar-refractivity contribution in [2.24, 2.45) is 0 Å². The van der Waals surface area contributed by atoms with Gasteiger partial charge in [-0.2, -0.15) is 0 Å². The summed E-state index contributed by atoms with van der Waals surface area (Å²) in [5, 5.41) is 0. The topological polar surface area (TPSA) is 12.5 Å². The van der Waals surface area contributed by atoms with Gasteiger partial charge in [0, 0.05) is 6.61 Å². The van der Waals surface area contributed by atoms with Crippen LogP contribution in [-0.2, 0) is 4.74 Å². The first-order valence-electron chi connectivity index (χ1n) is 7.00. The molecule has 98 valence electrons. The number of ether oxygens (including phenoxy) is 1. The molecule has 0 fully saturated rings. The second kappa shape index (κ2) is 13.0. The molecule has 0 spiro atoms. The Labute approximate surface area is 102 Å². The van der Waals surface area contributed by atoms with E-state index in [0.29, 0.717) is 0 Å². The van der Waals surface area contributed by atoms with E-state index in [1.54, 1.807) is 0 Å². The lowest BCUT2D eigenvalue weighted by Gasteiger charge is -2.09. The predicted molar refractivity (Wildman–Crippen MR) is 71.7 cm³/mol. The molecule has 16 heavy (non-hydrogen) atoms. The van der Waals surface area contributed by atoms with E-state index in [2.05, 4.69) is 11.8 Å². The van der Waals surface area contributed by atoms with Crippen LogP contribution >= 0.6 is 0 Å². The second-order valence-electron chi connectivity index (χ2n) is 4.95. The third kappa shape index (κ3) is 13.9. The molecule has 0 heterocycles. The molecule has 0 aliphatic rings. The van der Waals surface area contributed by atoms with E-state index < -0.39 is 0 Å². The Hall–Kier alpha value is -0.0800. The van der Waals surface area contributed by atoms with E-state index in [1.807, 2.05) is 14.1 Å². The summed E-state index contributed by atoms with van der Waals surface area (Å²) in [5.74, 6) is 0. The molecule has 0 radical (unpaired) electrons. The Kier molecular flexibility index (Phi) is 12.9. The summed E-state index contributed by atoms with van der Waals surface area (Å²) in [7, 11) is 4.08. The van der Waals surface area contributed by atoms with Crippen LogP contribution in [0.25, 0.3) is 0 Å². The van der Waals surface area contributed by atoms with E-state index in [4.69, 9.17) is 4.74 Å². The predicted octanol–water partition coefficient (Wildman–Crippen LogP) is 4.05. The first-order valence-corrected chi connectivity index (χ1v) is 7.00.